The Bertz CT molecular complexity index is 1020. The molecule has 0 radical (unpaired) electrons. The molecule has 3 fully saturated rings. The summed E-state index contributed by atoms with van der Waals surface area (Å²) in [6, 6.07) is 0. The van der Waals surface area contributed by atoms with Crippen LogP contribution in [-0.2, 0) is 14.6 Å². The molecule has 8 heteroatoms. The highest BCUT2D eigenvalue weighted by molar-refractivity contribution is 7.80. The van der Waals surface area contributed by atoms with Crippen molar-refractivity contribution in [2.45, 2.75) is 110 Å². The number of hydrogen-bond donors (Lipinski definition) is 3. The van der Waals surface area contributed by atoms with Crippen molar-refractivity contribution in [3.63, 3.8) is 0 Å². The molecule has 0 heterocycles. The zero-order chi connectivity index (χ0) is 26.9. The van der Waals surface area contributed by atoms with Gasteiger partial charge < -0.3 is 19.9 Å². The van der Waals surface area contributed by atoms with E-state index in [9.17, 15) is 28.3 Å². The molecule has 0 aromatic rings. The Morgan fingerprint density at radius 3 is 2.33 bits per heavy atom. The van der Waals surface area contributed by atoms with Crippen molar-refractivity contribution in [1.29, 1.82) is 0 Å². The average Bonchev–Trinajstić information content (AvgIpc) is 3.11. The van der Waals surface area contributed by atoms with E-state index in [1.54, 1.807) is 6.92 Å². The van der Waals surface area contributed by atoms with Crippen molar-refractivity contribution >= 4 is 10.4 Å². The largest absolute Gasteiger partial charge is 0.726 e. The fourth-order valence-electron chi connectivity index (χ4n) is 8.32. The SMILES string of the molecule is CC(C)C(C)/C=C/C(C)C1CCC2C3=C[C@H](OS(=O)(=O)[O-])[C@@]4(O)C[C@@H](O)CC[C@]4(C)[C@@]3(O)CC[C@@]21C. The minimum absolute atomic E-state index is 0.00620. The molecule has 3 saturated carbocycles. The zero-order valence-corrected chi connectivity index (χ0v) is 23.4. The highest BCUT2D eigenvalue weighted by Gasteiger charge is 2.71. The fourth-order valence-corrected chi connectivity index (χ4v) is 8.79. The van der Waals surface area contributed by atoms with Gasteiger partial charge in [0, 0.05) is 11.8 Å². The third kappa shape index (κ3) is 4.24. The predicted molar refractivity (Wildman–Crippen MR) is 136 cm³/mol. The number of fused-ring (bicyclic) bond motifs is 5. The molecule has 0 aromatic carbocycles. The molecule has 206 valence electrons. The summed E-state index contributed by atoms with van der Waals surface area (Å²) in [4.78, 5) is 0. The van der Waals surface area contributed by atoms with E-state index in [0.29, 0.717) is 48.5 Å². The molecule has 3 N–H and O–H groups in total. The average molecular weight is 526 g/mol. The van der Waals surface area contributed by atoms with Gasteiger partial charge in [-0.15, -0.1) is 0 Å². The Morgan fingerprint density at radius 2 is 1.72 bits per heavy atom. The maximum atomic E-state index is 12.3. The molecular weight excluding hydrogens is 480 g/mol. The van der Waals surface area contributed by atoms with Gasteiger partial charge in [-0.2, -0.15) is 0 Å². The lowest BCUT2D eigenvalue weighted by Crippen LogP contribution is -2.73. The van der Waals surface area contributed by atoms with Crippen LogP contribution in [0.15, 0.2) is 23.8 Å². The highest BCUT2D eigenvalue weighted by atomic mass is 32.3. The van der Waals surface area contributed by atoms with Crippen molar-refractivity contribution in [2.24, 2.45) is 40.4 Å². The molecule has 0 aromatic heterocycles. The van der Waals surface area contributed by atoms with E-state index in [4.69, 9.17) is 4.18 Å². The van der Waals surface area contributed by atoms with Gasteiger partial charge in [-0.25, -0.2) is 8.42 Å². The van der Waals surface area contributed by atoms with E-state index in [-0.39, 0.29) is 17.8 Å². The second-order valence-corrected chi connectivity index (χ2v) is 14.2. The lowest BCUT2D eigenvalue weighted by molar-refractivity contribution is -0.254. The predicted octanol–water partition coefficient (Wildman–Crippen LogP) is 4.10. The summed E-state index contributed by atoms with van der Waals surface area (Å²) in [6.45, 7) is 13.0. The lowest BCUT2D eigenvalue weighted by Gasteiger charge is -2.66. The molecular formula is C28H45O7S-. The fraction of sp³-hybridized carbons (Fsp3) is 0.857. The Balaban J connectivity index is 1.75. The summed E-state index contributed by atoms with van der Waals surface area (Å²) >= 11 is 0. The minimum Gasteiger partial charge on any atom is -0.726 e. The Hall–Kier alpha value is -0.770. The first-order chi connectivity index (χ1) is 16.5. The maximum Gasteiger partial charge on any atom is 0.218 e. The van der Waals surface area contributed by atoms with Gasteiger partial charge in [0.15, 0.2) is 0 Å². The van der Waals surface area contributed by atoms with Gasteiger partial charge >= 0.3 is 0 Å². The van der Waals surface area contributed by atoms with Crippen LogP contribution in [0.25, 0.3) is 0 Å². The Labute approximate surface area is 217 Å². The molecule has 4 aliphatic carbocycles. The highest BCUT2D eigenvalue weighted by Crippen LogP contribution is 2.69. The summed E-state index contributed by atoms with van der Waals surface area (Å²) in [6.07, 6.45) is 7.44. The molecule has 0 aliphatic heterocycles. The molecule has 0 spiro atoms. The molecule has 0 saturated heterocycles. The number of aliphatic hydroxyl groups is 3. The van der Waals surface area contributed by atoms with Crippen LogP contribution in [-0.4, -0.2) is 51.7 Å². The molecule has 7 nitrogen and oxygen atoms in total. The number of hydrogen-bond acceptors (Lipinski definition) is 7. The summed E-state index contributed by atoms with van der Waals surface area (Å²) in [5.41, 5.74) is -3.80. The quantitative estimate of drug-likeness (QED) is 0.271. The van der Waals surface area contributed by atoms with Gasteiger partial charge in [-0.3, -0.25) is 4.18 Å². The number of allylic oxidation sites excluding steroid dienone is 2. The summed E-state index contributed by atoms with van der Waals surface area (Å²) in [7, 11) is -5.13. The van der Waals surface area contributed by atoms with Crippen LogP contribution < -0.4 is 0 Å². The van der Waals surface area contributed by atoms with Gasteiger partial charge in [0.25, 0.3) is 0 Å². The van der Waals surface area contributed by atoms with Crippen LogP contribution in [0.5, 0.6) is 0 Å². The normalized spacial score (nSPS) is 46.7. The van der Waals surface area contributed by atoms with E-state index in [2.05, 4.69) is 46.8 Å². The molecule has 36 heavy (non-hydrogen) atoms. The second-order valence-electron chi connectivity index (χ2n) is 13.1. The van der Waals surface area contributed by atoms with Gasteiger partial charge in [-0.05, 0) is 85.2 Å². The van der Waals surface area contributed by atoms with Crippen molar-refractivity contribution in [3.8, 4) is 0 Å². The van der Waals surface area contributed by atoms with Crippen LogP contribution in [0.4, 0.5) is 0 Å². The summed E-state index contributed by atoms with van der Waals surface area (Å²) in [5, 5.41) is 34.6. The molecule has 4 rings (SSSR count). The molecule has 10 atom stereocenters. The molecule has 4 unspecified atom stereocenters. The maximum absolute atomic E-state index is 12.3. The van der Waals surface area contributed by atoms with Gasteiger partial charge in [-0.1, -0.05) is 53.7 Å². The topological polar surface area (TPSA) is 127 Å². The van der Waals surface area contributed by atoms with Crippen LogP contribution >= 0.6 is 0 Å². The third-order valence-electron chi connectivity index (χ3n) is 11.1. The number of rotatable bonds is 6. The van der Waals surface area contributed by atoms with E-state index in [0.717, 1.165) is 19.3 Å². The Morgan fingerprint density at radius 1 is 1.06 bits per heavy atom. The first kappa shape index (κ1) is 28.2. The monoisotopic (exact) mass is 525 g/mol. The molecule has 4 aliphatic rings. The summed E-state index contributed by atoms with van der Waals surface area (Å²) in [5.74, 6) is 1.80. The van der Waals surface area contributed by atoms with Crippen LogP contribution in [0, 0.1) is 40.4 Å². The first-order valence-corrected chi connectivity index (χ1v) is 15.0. The minimum atomic E-state index is -5.13. The molecule has 0 bridgehead atoms. The van der Waals surface area contributed by atoms with E-state index in [1.807, 2.05) is 0 Å². The van der Waals surface area contributed by atoms with E-state index < -0.39 is 39.2 Å². The summed E-state index contributed by atoms with van der Waals surface area (Å²) < 4.78 is 40.1. The lowest BCUT2D eigenvalue weighted by atomic mass is 9.43. The van der Waals surface area contributed by atoms with Crippen LogP contribution in [0.3, 0.4) is 0 Å². The van der Waals surface area contributed by atoms with E-state index in [1.165, 1.54) is 6.08 Å². The van der Waals surface area contributed by atoms with Crippen molar-refractivity contribution in [3.05, 3.63) is 23.8 Å². The van der Waals surface area contributed by atoms with Crippen LogP contribution in [0.2, 0.25) is 0 Å². The van der Waals surface area contributed by atoms with E-state index >= 15 is 0 Å². The Kier molecular flexibility index (Phi) is 7.19. The van der Waals surface area contributed by atoms with Gasteiger partial charge in [0.1, 0.15) is 11.7 Å². The van der Waals surface area contributed by atoms with Crippen molar-refractivity contribution < 1.29 is 32.5 Å². The standard InChI is InChI=1S/C28H46O7S/c1-17(2)18(3)7-8-19(4)21-9-10-22-23-15-24(35-36(32,33)34)28(31)16-20(29)11-12-26(28,6)27(23,30)14-13-25(21,22)5/h7-8,15,17-22,24,29-31H,9-14,16H2,1-6H3,(H,32,33,34)/p-1/b8-7+/t18?,19?,20-,21?,22?,24-,25+,26+,27+,28-/m0/s1. The smallest absolute Gasteiger partial charge is 0.218 e. The zero-order valence-electron chi connectivity index (χ0n) is 22.6. The third-order valence-corrected chi connectivity index (χ3v) is 11.6. The first-order valence-electron chi connectivity index (χ1n) is 13.7. The van der Waals surface area contributed by atoms with Crippen molar-refractivity contribution in [1.82, 2.24) is 0 Å². The van der Waals surface area contributed by atoms with Gasteiger partial charge in [0.2, 0.25) is 10.4 Å². The van der Waals surface area contributed by atoms with Gasteiger partial charge in [0.05, 0.1) is 11.7 Å². The second kappa shape index (κ2) is 9.16. The number of aliphatic hydroxyl groups excluding tert-OH is 1. The van der Waals surface area contributed by atoms with Crippen molar-refractivity contribution in [2.75, 3.05) is 0 Å². The molecule has 0 amide bonds. The van der Waals surface area contributed by atoms with Crippen LogP contribution in [0.1, 0.15) is 86.5 Å².